The number of ether oxygens (including phenoxy) is 1. The molecule has 1 rings (SSSR count). The number of rotatable bonds is 6. The molecule has 0 radical (unpaired) electrons. The van der Waals surface area contributed by atoms with Crippen molar-refractivity contribution >= 4 is 0 Å². The molecule has 3 heteroatoms. The molecule has 1 fully saturated rings. The normalized spacial score (nSPS) is 28.6. The van der Waals surface area contributed by atoms with Gasteiger partial charge in [0.1, 0.15) is 0 Å². The minimum atomic E-state index is -0.0899. The first kappa shape index (κ1) is 12.9. The Morgan fingerprint density at radius 1 is 1.40 bits per heavy atom. The number of aliphatic hydroxyl groups excluding tert-OH is 1. The van der Waals surface area contributed by atoms with Crippen molar-refractivity contribution in [3.63, 3.8) is 0 Å². The van der Waals surface area contributed by atoms with Gasteiger partial charge in [0, 0.05) is 19.7 Å². The average Bonchev–Trinajstić information content (AvgIpc) is 2.58. The highest BCUT2D eigenvalue weighted by Crippen LogP contribution is 2.24. The Morgan fingerprint density at radius 2 is 2.13 bits per heavy atom. The number of nitrogens with one attached hydrogen (secondary N) is 1. The van der Waals surface area contributed by atoms with Gasteiger partial charge in [-0.3, -0.25) is 0 Å². The molecule has 0 aromatic carbocycles. The van der Waals surface area contributed by atoms with E-state index in [1.165, 1.54) is 6.42 Å². The van der Waals surface area contributed by atoms with Gasteiger partial charge in [0.25, 0.3) is 0 Å². The summed E-state index contributed by atoms with van der Waals surface area (Å²) in [6, 6.07) is 0.405. The Labute approximate surface area is 93.2 Å². The third kappa shape index (κ3) is 4.09. The van der Waals surface area contributed by atoms with Gasteiger partial charge in [-0.05, 0) is 24.7 Å². The monoisotopic (exact) mass is 215 g/mol. The first-order valence-corrected chi connectivity index (χ1v) is 6.05. The second kappa shape index (κ2) is 6.46. The summed E-state index contributed by atoms with van der Waals surface area (Å²) in [5, 5.41) is 13.2. The Hall–Kier alpha value is -0.120. The molecule has 0 aliphatic heterocycles. The molecule has 3 atom stereocenters. The third-order valence-corrected chi connectivity index (χ3v) is 3.41. The molecule has 90 valence electrons. The molecule has 0 saturated heterocycles. The molecule has 0 heterocycles. The molecular weight excluding hydrogens is 190 g/mol. The second-order valence-corrected chi connectivity index (χ2v) is 4.97. The van der Waals surface area contributed by atoms with E-state index in [1.807, 2.05) is 0 Å². The van der Waals surface area contributed by atoms with Gasteiger partial charge >= 0.3 is 0 Å². The minimum absolute atomic E-state index is 0.0899. The fourth-order valence-corrected chi connectivity index (χ4v) is 2.22. The average molecular weight is 215 g/mol. The second-order valence-electron chi connectivity index (χ2n) is 4.97. The van der Waals surface area contributed by atoms with Crippen molar-refractivity contribution in [3.8, 4) is 0 Å². The van der Waals surface area contributed by atoms with Gasteiger partial charge in [-0.25, -0.2) is 0 Å². The molecule has 0 aromatic heterocycles. The quantitative estimate of drug-likeness (QED) is 0.704. The van der Waals surface area contributed by atoms with Gasteiger partial charge in [0.05, 0.1) is 12.7 Å². The summed E-state index contributed by atoms with van der Waals surface area (Å²) in [5.74, 6) is 1.02. The fraction of sp³-hybridized carbons (Fsp3) is 1.00. The van der Waals surface area contributed by atoms with E-state index in [1.54, 1.807) is 7.11 Å². The van der Waals surface area contributed by atoms with Crippen molar-refractivity contribution in [2.75, 3.05) is 20.3 Å². The number of methoxy groups -OCH3 is 1. The van der Waals surface area contributed by atoms with Crippen molar-refractivity contribution in [1.29, 1.82) is 0 Å². The highest BCUT2D eigenvalue weighted by atomic mass is 16.5. The maximum Gasteiger partial charge on any atom is 0.0618 e. The molecule has 15 heavy (non-hydrogen) atoms. The van der Waals surface area contributed by atoms with Crippen molar-refractivity contribution < 1.29 is 9.84 Å². The lowest BCUT2D eigenvalue weighted by atomic mass is 10.0. The van der Waals surface area contributed by atoms with Crippen LogP contribution in [0.5, 0.6) is 0 Å². The largest absolute Gasteiger partial charge is 0.393 e. The lowest BCUT2D eigenvalue weighted by Crippen LogP contribution is -2.41. The molecule has 0 amide bonds. The summed E-state index contributed by atoms with van der Waals surface area (Å²) in [6.07, 6.45) is 3.21. The van der Waals surface area contributed by atoms with E-state index >= 15 is 0 Å². The molecule has 3 nitrogen and oxygen atoms in total. The lowest BCUT2D eigenvalue weighted by molar-refractivity contribution is 0.114. The van der Waals surface area contributed by atoms with Crippen LogP contribution >= 0.6 is 0 Å². The Bertz CT molecular complexity index is 173. The first-order valence-electron chi connectivity index (χ1n) is 6.05. The third-order valence-electron chi connectivity index (χ3n) is 3.41. The molecule has 0 bridgehead atoms. The van der Waals surface area contributed by atoms with E-state index in [-0.39, 0.29) is 6.10 Å². The van der Waals surface area contributed by atoms with Crippen LogP contribution in [0.2, 0.25) is 0 Å². The molecule has 1 saturated carbocycles. The van der Waals surface area contributed by atoms with E-state index in [4.69, 9.17) is 4.74 Å². The number of hydrogen-bond acceptors (Lipinski definition) is 3. The summed E-state index contributed by atoms with van der Waals surface area (Å²) >= 11 is 0. The van der Waals surface area contributed by atoms with E-state index < -0.39 is 0 Å². The Morgan fingerprint density at radius 3 is 2.60 bits per heavy atom. The van der Waals surface area contributed by atoms with Crippen LogP contribution in [0.1, 0.15) is 33.1 Å². The van der Waals surface area contributed by atoms with Gasteiger partial charge in [0.15, 0.2) is 0 Å². The summed E-state index contributed by atoms with van der Waals surface area (Å²) in [7, 11) is 1.74. The summed E-state index contributed by atoms with van der Waals surface area (Å²) in [4.78, 5) is 0. The Balaban J connectivity index is 2.26. The molecule has 3 unspecified atom stereocenters. The smallest absolute Gasteiger partial charge is 0.0618 e. The predicted molar refractivity (Wildman–Crippen MR) is 61.9 cm³/mol. The van der Waals surface area contributed by atoms with Crippen molar-refractivity contribution in [2.45, 2.75) is 45.3 Å². The SMILES string of the molecule is COCC(NCC1CCCC1O)C(C)C. The standard InChI is InChI=1S/C12H25NO2/c1-9(2)11(8-15-3)13-7-10-5-4-6-12(10)14/h9-14H,4-8H2,1-3H3. The van der Waals surface area contributed by atoms with Crippen LogP contribution in [-0.2, 0) is 4.74 Å². The molecule has 2 N–H and O–H groups in total. The van der Waals surface area contributed by atoms with Crippen LogP contribution < -0.4 is 5.32 Å². The predicted octanol–water partition coefficient (Wildman–Crippen LogP) is 1.41. The van der Waals surface area contributed by atoms with Gasteiger partial charge in [0.2, 0.25) is 0 Å². The topological polar surface area (TPSA) is 41.5 Å². The maximum atomic E-state index is 9.70. The van der Waals surface area contributed by atoms with Crippen LogP contribution in [0.15, 0.2) is 0 Å². The first-order chi connectivity index (χ1) is 7.15. The van der Waals surface area contributed by atoms with E-state index in [2.05, 4.69) is 19.2 Å². The maximum absolute atomic E-state index is 9.70. The molecule has 1 aliphatic rings. The van der Waals surface area contributed by atoms with Crippen LogP contribution in [0.25, 0.3) is 0 Å². The van der Waals surface area contributed by atoms with Crippen LogP contribution in [0.4, 0.5) is 0 Å². The van der Waals surface area contributed by atoms with Crippen LogP contribution in [0, 0.1) is 11.8 Å². The Kier molecular flexibility index (Phi) is 5.58. The minimum Gasteiger partial charge on any atom is -0.393 e. The number of aliphatic hydroxyl groups is 1. The summed E-state index contributed by atoms with van der Waals surface area (Å²) < 4.78 is 5.18. The highest BCUT2D eigenvalue weighted by molar-refractivity contribution is 4.80. The van der Waals surface area contributed by atoms with Crippen molar-refractivity contribution in [2.24, 2.45) is 11.8 Å². The van der Waals surface area contributed by atoms with Crippen LogP contribution in [-0.4, -0.2) is 37.5 Å². The fourth-order valence-electron chi connectivity index (χ4n) is 2.22. The van der Waals surface area contributed by atoms with E-state index in [9.17, 15) is 5.11 Å². The van der Waals surface area contributed by atoms with Gasteiger partial charge in [-0.1, -0.05) is 20.3 Å². The molecule has 1 aliphatic carbocycles. The lowest BCUT2D eigenvalue weighted by Gasteiger charge is -2.24. The summed E-state index contributed by atoms with van der Waals surface area (Å²) in [6.45, 7) is 6.07. The molecular formula is C12H25NO2. The molecule has 0 spiro atoms. The van der Waals surface area contributed by atoms with Gasteiger partial charge < -0.3 is 15.2 Å². The highest BCUT2D eigenvalue weighted by Gasteiger charge is 2.25. The zero-order chi connectivity index (χ0) is 11.3. The summed E-state index contributed by atoms with van der Waals surface area (Å²) in [5.41, 5.74) is 0. The van der Waals surface area contributed by atoms with Crippen molar-refractivity contribution in [3.05, 3.63) is 0 Å². The van der Waals surface area contributed by atoms with Gasteiger partial charge in [-0.2, -0.15) is 0 Å². The zero-order valence-electron chi connectivity index (χ0n) is 10.2. The molecule has 0 aromatic rings. The van der Waals surface area contributed by atoms with Gasteiger partial charge in [-0.15, -0.1) is 0 Å². The van der Waals surface area contributed by atoms with E-state index in [0.717, 1.165) is 26.0 Å². The van der Waals surface area contributed by atoms with Crippen LogP contribution in [0.3, 0.4) is 0 Å². The van der Waals surface area contributed by atoms with Crippen molar-refractivity contribution in [1.82, 2.24) is 5.32 Å². The van der Waals surface area contributed by atoms with E-state index in [0.29, 0.717) is 17.9 Å². The zero-order valence-corrected chi connectivity index (χ0v) is 10.2. The number of hydrogen-bond donors (Lipinski definition) is 2.